The predicted octanol–water partition coefficient (Wildman–Crippen LogP) is 15.9. The summed E-state index contributed by atoms with van der Waals surface area (Å²) in [6.45, 7) is 9.25. The summed E-state index contributed by atoms with van der Waals surface area (Å²) in [5.41, 5.74) is 6.08. The molecule has 0 saturated heterocycles. The second-order valence-corrected chi connectivity index (χ2v) is 14.7. The zero-order valence-corrected chi connectivity index (χ0v) is 32.1. The lowest BCUT2D eigenvalue weighted by Crippen LogP contribution is -2.03. The zero-order valence-electron chi connectivity index (χ0n) is 32.1. The summed E-state index contributed by atoms with van der Waals surface area (Å²) in [7, 11) is 0. The summed E-state index contributed by atoms with van der Waals surface area (Å²) in [5, 5.41) is 0. The molecule has 2 rings (SSSR count). The Hall–Kier alpha value is -1.76. The van der Waals surface area contributed by atoms with E-state index in [4.69, 9.17) is 4.74 Å². The van der Waals surface area contributed by atoms with Crippen LogP contribution in [0.1, 0.15) is 217 Å². The van der Waals surface area contributed by atoms with Crippen LogP contribution in [0.25, 0.3) is 0 Å². The minimum absolute atomic E-state index is 1.14. The van der Waals surface area contributed by atoms with Crippen molar-refractivity contribution in [3.63, 3.8) is 0 Å². The Morgan fingerprint density at radius 3 is 0.915 bits per heavy atom. The van der Waals surface area contributed by atoms with Crippen molar-refractivity contribution in [2.75, 3.05) is 0 Å². The Bertz CT molecular complexity index is 911. The highest BCUT2D eigenvalue weighted by atomic mass is 16.5. The minimum Gasteiger partial charge on any atom is -0.457 e. The van der Waals surface area contributed by atoms with Crippen molar-refractivity contribution in [3.8, 4) is 11.5 Å². The fraction of sp³-hybridized carbons (Fsp3) is 0.739. The highest BCUT2D eigenvalue weighted by Crippen LogP contribution is 2.35. The quantitative estimate of drug-likeness (QED) is 0.0719. The molecule has 0 saturated carbocycles. The van der Waals surface area contributed by atoms with E-state index in [0.29, 0.717) is 0 Å². The molecule has 0 aromatic heterocycles. The maximum atomic E-state index is 7.06. The molecule has 0 spiro atoms. The summed E-state index contributed by atoms with van der Waals surface area (Å²) in [4.78, 5) is 0. The summed E-state index contributed by atoms with van der Waals surface area (Å²) in [6.07, 6.45) is 39.9. The third-order valence-corrected chi connectivity index (χ3v) is 10.3. The first-order valence-electron chi connectivity index (χ1n) is 21.1. The third kappa shape index (κ3) is 19.1. The van der Waals surface area contributed by atoms with Crippen molar-refractivity contribution < 1.29 is 4.74 Å². The van der Waals surface area contributed by atoms with Crippen molar-refractivity contribution in [1.29, 1.82) is 0 Å². The molecule has 0 atom stereocenters. The van der Waals surface area contributed by atoms with Crippen LogP contribution in [0, 0.1) is 0 Å². The summed E-state index contributed by atoms with van der Waals surface area (Å²) < 4.78 is 7.06. The van der Waals surface area contributed by atoms with Gasteiger partial charge in [-0.1, -0.05) is 193 Å². The molecule has 2 aromatic carbocycles. The Balaban J connectivity index is 2.20. The van der Waals surface area contributed by atoms with E-state index >= 15 is 0 Å². The largest absolute Gasteiger partial charge is 0.457 e. The topological polar surface area (TPSA) is 9.23 Å². The normalized spacial score (nSPS) is 11.4. The van der Waals surface area contributed by atoms with E-state index in [1.54, 1.807) is 11.1 Å². The van der Waals surface area contributed by atoms with Crippen molar-refractivity contribution in [3.05, 3.63) is 58.7 Å². The number of aryl methyl sites for hydroxylation is 2. The van der Waals surface area contributed by atoms with Gasteiger partial charge in [-0.25, -0.2) is 0 Å². The van der Waals surface area contributed by atoms with E-state index < -0.39 is 0 Å². The van der Waals surface area contributed by atoms with Gasteiger partial charge in [-0.15, -0.1) is 0 Å². The van der Waals surface area contributed by atoms with Crippen molar-refractivity contribution in [2.45, 2.75) is 220 Å². The first kappa shape index (κ1) is 41.4. The Morgan fingerprint density at radius 2 is 0.596 bits per heavy atom. The van der Waals surface area contributed by atoms with Crippen LogP contribution in [0.5, 0.6) is 11.5 Å². The second-order valence-electron chi connectivity index (χ2n) is 14.7. The van der Waals surface area contributed by atoms with E-state index in [1.165, 1.54) is 191 Å². The molecule has 0 radical (unpaired) electrons. The molecular weight excluding hydrogens is 569 g/mol. The van der Waals surface area contributed by atoms with E-state index in [-0.39, 0.29) is 0 Å². The first-order chi connectivity index (χ1) is 23.2. The third-order valence-electron chi connectivity index (χ3n) is 10.3. The van der Waals surface area contributed by atoms with Crippen molar-refractivity contribution >= 4 is 0 Å². The maximum absolute atomic E-state index is 7.06. The number of hydrogen-bond acceptors (Lipinski definition) is 1. The van der Waals surface area contributed by atoms with Gasteiger partial charge in [-0.2, -0.15) is 0 Å². The molecule has 47 heavy (non-hydrogen) atoms. The standard InChI is InChI=1S/C46H78O/c1-5-9-13-17-21-25-29-37-43-41(33-27-23-19-15-11-7-3)35-31-39-45(43)47-46-40-32-36-42(34-28-24-20-16-12-8-4)44(46)38-30-26-22-18-14-10-6-2/h31-32,35-36,39-40H,5-30,33-34,37-38H2,1-4H3. The molecule has 0 aliphatic heterocycles. The van der Waals surface area contributed by atoms with Gasteiger partial charge in [0.25, 0.3) is 0 Å². The van der Waals surface area contributed by atoms with Crippen LogP contribution >= 0.6 is 0 Å². The van der Waals surface area contributed by atoms with Crippen LogP contribution < -0.4 is 4.74 Å². The van der Waals surface area contributed by atoms with Crippen molar-refractivity contribution in [1.82, 2.24) is 0 Å². The Morgan fingerprint density at radius 1 is 0.319 bits per heavy atom. The summed E-state index contributed by atoms with van der Waals surface area (Å²) in [6, 6.07) is 13.9. The smallest absolute Gasteiger partial charge is 0.130 e. The van der Waals surface area contributed by atoms with Gasteiger partial charge in [0.1, 0.15) is 11.5 Å². The van der Waals surface area contributed by atoms with Crippen LogP contribution in [-0.4, -0.2) is 0 Å². The molecule has 0 amide bonds. The van der Waals surface area contributed by atoms with Gasteiger partial charge in [0, 0.05) is 0 Å². The minimum atomic E-state index is 1.14. The highest BCUT2D eigenvalue weighted by Gasteiger charge is 2.15. The van der Waals surface area contributed by atoms with Crippen LogP contribution in [0.3, 0.4) is 0 Å². The van der Waals surface area contributed by atoms with Crippen LogP contribution in [-0.2, 0) is 25.7 Å². The summed E-state index contributed by atoms with van der Waals surface area (Å²) in [5.74, 6) is 2.27. The van der Waals surface area contributed by atoms with Crippen molar-refractivity contribution in [2.24, 2.45) is 0 Å². The molecular formula is C46H78O. The molecule has 0 bridgehead atoms. The van der Waals surface area contributed by atoms with E-state index in [2.05, 4.69) is 64.1 Å². The second kappa shape index (κ2) is 29.2. The summed E-state index contributed by atoms with van der Waals surface area (Å²) >= 11 is 0. The van der Waals surface area contributed by atoms with Gasteiger partial charge in [-0.05, 0) is 85.8 Å². The molecule has 1 nitrogen and oxygen atoms in total. The Labute approximate surface area is 294 Å². The lowest BCUT2D eigenvalue weighted by Gasteiger charge is -2.20. The Kier molecular flexibility index (Phi) is 25.7. The first-order valence-corrected chi connectivity index (χ1v) is 21.1. The van der Waals surface area contributed by atoms with Gasteiger partial charge in [0.2, 0.25) is 0 Å². The number of ether oxygens (including phenoxy) is 1. The molecule has 0 heterocycles. The molecule has 0 fully saturated rings. The lowest BCUT2D eigenvalue weighted by molar-refractivity contribution is 0.463. The molecule has 0 unspecified atom stereocenters. The van der Waals surface area contributed by atoms with Crippen LogP contribution in [0.4, 0.5) is 0 Å². The predicted molar refractivity (Wildman–Crippen MR) is 211 cm³/mol. The fourth-order valence-electron chi connectivity index (χ4n) is 7.28. The van der Waals surface area contributed by atoms with Gasteiger partial charge in [-0.3, -0.25) is 0 Å². The lowest BCUT2D eigenvalue weighted by atomic mass is 9.94. The van der Waals surface area contributed by atoms with Gasteiger partial charge in [0.05, 0.1) is 0 Å². The van der Waals surface area contributed by atoms with Gasteiger partial charge in [0.15, 0.2) is 0 Å². The molecule has 0 aliphatic carbocycles. The number of rotatable bonds is 32. The number of unbranched alkanes of at least 4 members (excludes halogenated alkanes) is 22. The van der Waals surface area contributed by atoms with Gasteiger partial charge < -0.3 is 4.74 Å². The molecule has 2 aromatic rings. The van der Waals surface area contributed by atoms with Crippen LogP contribution in [0.15, 0.2) is 36.4 Å². The SMILES string of the molecule is CCCCCCCCCc1c(CCCCCCCC)cccc1Oc1cccc(CCCCCCCC)c1CCCCCCCCC. The molecule has 1 heteroatoms. The molecule has 0 aliphatic rings. The molecule has 268 valence electrons. The van der Waals surface area contributed by atoms with E-state index in [9.17, 15) is 0 Å². The monoisotopic (exact) mass is 647 g/mol. The average Bonchev–Trinajstić information content (AvgIpc) is 3.08. The van der Waals surface area contributed by atoms with E-state index in [0.717, 1.165) is 24.3 Å². The molecule has 0 N–H and O–H groups in total. The number of benzene rings is 2. The fourth-order valence-corrected chi connectivity index (χ4v) is 7.28. The van der Waals surface area contributed by atoms with Gasteiger partial charge >= 0.3 is 0 Å². The average molecular weight is 647 g/mol. The highest BCUT2D eigenvalue weighted by molar-refractivity contribution is 5.47. The number of hydrogen-bond donors (Lipinski definition) is 0. The van der Waals surface area contributed by atoms with Crippen LogP contribution in [0.2, 0.25) is 0 Å². The zero-order chi connectivity index (χ0) is 33.6. The maximum Gasteiger partial charge on any atom is 0.130 e. The van der Waals surface area contributed by atoms with E-state index in [1.807, 2.05) is 0 Å².